The Labute approximate surface area is 285 Å². The third-order valence-corrected chi connectivity index (χ3v) is 13.4. The first-order chi connectivity index (χ1) is 22.5. The summed E-state index contributed by atoms with van der Waals surface area (Å²) in [6, 6.07) is 3.86. The molecule has 0 spiro atoms. The van der Waals surface area contributed by atoms with Crippen molar-refractivity contribution in [3.05, 3.63) is 42.6 Å². The van der Waals surface area contributed by atoms with E-state index in [1.807, 2.05) is 50.1 Å². The van der Waals surface area contributed by atoms with E-state index in [0.717, 1.165) is 24.2 Å². The Morgan fingerprint density at radius 1 is 1.06 bits per heavy atom. The number of carbonyl (C=O) groups excluding carboxylic acids is 2. The van der Waals surface area contributed by atoms with Crippen molar-refractivity contribution < 1.29 is 18.8 Å². The molecule has 0 saturated carbocycles. The van der Waals surface area contributed by atoms with Crippen LogP contribution in [-0.4, -0.2) is 85.1 Å². The molecule has 0 aromatic carbocycles. The Hall–Kier alpha value is -4.22. The number of rotatable bonds is 11. The molecule has 2 aliphatic rings. The number of hydrogen-bond donors (Lipinski definition) is 3. The van der Waals surface area contributed by atoms with Crippen LogP contribution in [0.3, 0.4) is 0 Å². The van der Waals surface area contributed by atoms with E-state index in [0.29, 0.717) is 51.0 Å². The summed E-state index contributed by atoms with van der Waals surface area (Å²) in [5.74, 6) is 0.846. The minimum Gasteiger partial charge on any atom is -0.444 e. The Kier molecular flexibility index (Phi) is 11.7. The van der Waals surface area contributed by atoms with E-state index in [1.54, 1.807) is 11.1 Å². The Balaban J connectivity index is 1.43. The molecule has 2 unspecified atom stereocenters. The Morgan fingerprint density at radius 2 is 1.81 bits per heavy atom. The predicted octanol–water partition coefficient (Wildman–Crippen LogP) is 5.63. The minimum atomic E-state index is -1.88. The lowest BCUT2D eigenvalue weighted by Gasteiger charge is -2.36. The number of amides is 2. The number of aromatic nitrogens is 3. The summed E-state index contributed by atoms with van der Waals surface area (Å²) < 4.78 is 11.8. The number of anilines is 4. The third-order valence-electron chi connectivity index (χ3n) is 8.87. The first-order valence-electron chi connectivity index (χ1n) is 16.6. The van der Waals surface area contributed by atoms with Gasteiger partial charge in [-0.2, -0.15) is 5.26 Å². The van der Waals surface area contributed by atoms with E-state index in [4.69, 9.17) is 14.4 Å². The molecule has 13 nitrogen and oxygen atoms in total. The molecule has 2 atom stereocenters. The molecular weight excluding hydrogens is 627 g/mol. The number of pyridine rings is 1. The minimum absolute atomic E-state index is 0.0443. The molecule has 48 heavy (non-hydrogen) atoms. The second-order valence-electron chi connectivity index (χ2n) is 14.9. The van der Waals surface area contributed by atoms with Crippen LogP contribution in [0.5, 0.6) is 0 Å². The number of ether oxygens (including phenoxy) is 1. The first-order valence-corrected chi connectivity index (χ1v) is 19.5. The van der Waals surface area contributed by atoms with Crippen LogP contribution >= 0.6 is 0 Å². The van der Waals surface area contributed by atoms with E-state index in [1.165, 1.54) is 12.4 Å². The molecular formula is C34H51N9O4Si. The van der Waals surface area contributed by atoms with Crippen molar-refractivity contribution in [2.45, 2.75) is 78.1 Å². The van der Waals surface area contributed by atoms with Crippen molar-refractivity contribution in [2.24, 2.45) is 11.8 Å². The van der Waals surface area contributed by atoms with Crippen LogP contribution < -0.4 is 20.9 Å². The number of piperidine rings is 1. The van der Waals surface area contributed by atoms with E-state index >= 15 is 0 Å². The average Bonchev–Trinajstić information content (AvgIpc) is 3.52. The molecule has 2 amide bonds. The number of likely N-dealkylation sites (tertiary alicyclic amines) is 1. The van der Waals surface area contributed by atoms with Crippen LogP contribution in [0.1, 0.15) is 60.1 Å². The summed E-state index contributed by atoms with van der Waals surface area (Å²) in [6.07, 6.45) is 10.1. The van der Waals surface area contributed by atoms with E-state index in [9.17, 15) is 9.59 Å². The van der Waals surface area contributed by atoms with Crippen molar-refractivity contribution in [2.75, 3.05) is 54.9 Å². The van der Waals surface area contributed by atoms with Gasteiger partial charge in [0.2, 0.25) is 5.91 Å². The van der Waals surface area contributed by atoms with Gasteiger partial charge < -0.3 is 34.9 Å². The number of nitrogens with one attached hydrogen (secondary N) is 3. The molecule has 4 rings (SSSR count). The van der Waals surface area contributed by atoms with Gasteiger partial charge in [-0.25, -0.2) is 19.7 Å². The quantitative estimate of drug-likeness (QED) is 0.200. The maximum Gasteiger partial charge on any atom is 0.410 e. The molecule has 0 aliphatic carbocycles. The topological polar surface area (TPSA) is 158 Å². The lowest BCUT2D eigenvalue weighted by Crippen LogP contribution is -2.44. The van der Waals surface area contributed by atoms with Crippen LogP contribution in [-0.2, 0) is 14.0 Å². The summed E-state index contributed by atoms with van der Waals surface area (Å²) >= 11 is 0. The zero-order valence-electron chi connectivity index (χ0n) is 29.6. The molecule has 2 aromatic heterocycles. The summed E-state index contributed by atoms with van der Waals surface area (Å²) in [5.41, 5.74) is 1.31. The molecule has 3 N–H and O–H groups in total. The van der Waals surface area contributed by atoms with Gasteiger partial charge in [0.15, 0.2) is 14.0 Å². The monoisotopic (exact) mass is 677 g/mol. The van der Waals surface area contributed by atoms with Crippen LogP contribution in [0.4, 0.5) is 27.8 Å². The zero-order valence-corrected chi connectivity index (χ0v) is 30.6. The SMILES string of the molecule is CC(C)(C)OC(=O)N1CCCC(CNc2cc(Nc3cnc(C#N)cn3)ncc2N2C=CC(C(=O)NCCO[Si](C)(C)C(C)(C)C)C2)C1. The lowest BCUT2D eigenvalue weighted by atomic mass is 9.98. The Morgan fingerprint density at radius 3 is 2.48 bits per heavy atom. The first kappa shape index (κ1) is 36.6. The van der Waals surface area contributed by atoms with Crippen molar-refractivity contribution in [1.29, 1.82) is 5.26 Å². The van der Waals surface area contributed by atoms with Crippen LogP contribution in [0, 0.1) is 23.2 Å². The van der Waals surface area contributed by atoms with Crippen LogP contribution in [0.2, 0.25) is 18.1 Å². The van der Waals surface area contributed by atoms with Crippen molar-refractivity contribution in [3.63, 3.8) is 0 Å². The average molecular weight is 678 g/mol. The number of carbonyl (C=O) groups is 2. The highest BCUT2D eigenvalue weighted by Crippen LogP contribution is 2.36. The highest BCUT2D eigenvalue weighted by atomic mass is 28.4. The van der Waals surface area contributed by atoms with Crippen molar-refractivity contribution >= 4 is 43.3 Å². The summed E-state index contributed by atoms with van der Waals surface area (Å²) in [4.78, 5) is 42.6. The second-order valence-corrected chi connectivity index (χ2v) is 19.7. The molecule has 1 saturated heterocycles. The fourth-order valence-electron chi connectivity index (χ4n) is 5.17. The molecule has 4 heterocycles. The fourth-order valence-corrected chi connectivity index (χ4v) is 6.21. The standard InChI is InChI=1S/C34H51N9O4Si/c1-33(2,3)47-32(45)43-13-9-10-24(22-43)18-38-27-16-29(41-30-21-37-26(17-35)19-39-30)40-20-28(27)42-14-11-25(23-42)31(44)36-12-15-46-48(7,8)34(4,5)6/h11,14,16,19-21,24-25H,9-10,12-13,15,18,22-23H2,1-8H3,(H,36,44)(H2,38,39,40,41). The zero-order chi connectivity index (χ0) is 35.1. The highest BCUT2D eigenvalue weighted by Gasteiger charge is 2.37. The molecule has 0 bridgehead atoms. The maximum absolute atomic E-state index is 13.1. The molecule has 14 heteroatoms. The number of nitriles is 1. The Bertz CT molecular complexity index is 1500. The predicted molar refractivity (Wildman–Crippen MR) is 189 cm³/mol. The van der Waals surface area contributed by atoms with Gasteiger partial charge in [-0.15, -0.1) is 0 Å². The lowest BCUT2D eigenvalue weighted by molar-refractivity contribution is -0.123. The van der Waals surface area contributed by atoms with E-state index in [-0.39, 0.29) is 34.6 Å². The molecule has 2 aliphatic heterocycles. The van der Waals surface area contributed by atoms with Gasteiger partial charge in [-0.3, -0.25) is 4.79 Å². The summed E-state index contributed by atoms with van der Waals surface area (Å²) in [6.45, 7) is 20.0. The van der Waals surface area contributed by atoms with Gasteiger partial charge in [0.05, 0.1) is 42.5 Å². The molecule has 260 valence electrons. The van der Waals surface area contributed by atoms with Gasteiger partial charge >= 0.3 is 6.09 Å². The normalized spacial score (nSPS) is 18.3. The van der Waals surface area contributed by atoms with Crippen molar-refractivity contribution in [1.82, 2.24) is 25.2 Å². The van der Waals surface area contributed by atoms with Crippen LogP contribution in [0.15, 0.2) is 36.9 Å². The van der Waals surface area contributed by atoms with Gasteiger partial charge in [-0.1, -0.05) is 26.8 Å². The molecule has 2 aromatic rings. The number of nitrogens with zero attached hydrogens (tertiary/aromatic N) is 6. The summed E-state index contributed by atoms with van der Waals surface area (Å²) in [5, 5.41) is 19.0. The smallest absolute Gasteiger partial charge is 0.410 e. The van der Waals surface area contributed by atoms with E-state index < -0.39 is 13.9 Å². The summed E-state index contributed by atoms with van der Waals surface area (Å²) in [7, 11) is -1.88. The maximum atomic E-state index is 13.1. The van der Waals surface area contributed by atoms with Gasteiger partial charge in [-0.05, 0) is 57.7 Å². The largest absolute Gasteiger partial charge is 0.444 e. The van der Waals surface area contributed by atoms with Gasteiger partial charge in [0.1, 0.15) is 23.3 Å². The molecule has 1 fully saturated rings. The number of hydrogen-bond acceptors (Lipinski definition) is 11. The fraction of sp³-hybridized carbons (Fsp3) is 0.588. The van der Waals surface area contributed by atoms with Crippen molar-refractivity contribution in [3.8, 4) is 6.07 Å². The van der Waals surface area contributed by atoms with Gasteiger partial charge in [0, 0.05) is 45.0 Å². The molecule has 0 radical (unpaired) electrons. The second kappa shape index (κ2) is 15.3. The van der Waals surface area contributed by atoms with Crippen LogP contribution in [0.25, 0.3) is 0 Å². The van der Waals surface area contributed by atoms with Gasteiger partial charge in [0.25, 0.3) is 0 Å². The highest BCUT2D eigenvalue weighted by molar-refractivity contribution is 6.74. The van der Waals surface area contributed by atoms with E-state index in [2.05, 4.69) is 64.8 Å². The third kappa shape index (κ3) is 10.1.